The van der Waals surface area contributed by atoms with E-state index in [0.717, 1.165) is 24.2 Å². The fraction of sp³-hybridized carbons (Fsp3) is 0.462. The van der Waals surface area contributed by atoms with Gasteiger partial charge in [0.2, 0.25) is 12.0 Å². The minimum absolute atomic E-state index is 0.0448. The second kappa shape index (κ2) is 4.17. The molecule has 0 saturated carbocycles. The lowest BCUT2D eigenvalue weighted by atomic mass is 9.90. The highest BCUT2D eigenvalue weighted by atomic mass is 35.5. The zero-order valence-corrected chi connectivity index (χ0v) is 11.5. The Bertz CT molecular complexity index is 597. The third kappa shape index (κ3) is 1.65. The topological polar surface area (TPSA) is 54.3 Å². The van der Waals surface area contributed by atoms with Crippen LogP contribution in [0.5, 0.6) is 0 Å². The molecule has 1 unspecified atom stereocenters. The van der Waals surface area contributed by atoms with Gasteiger partial charge < -0.3 is 9.64 Å². The van der Waals surface area contributed by atoms with Crippen LogP contribution in [0.25, 0.3) is 0 Å². The number of aliphatic imine (C=N–C) groups is 2. The maximum atomic E-state index is 11.7. The van der Waals surface area contributed by atoms with E-state index in [0.29, 0.717) is 13.2 Å². The number of ether oxygens (including phenoxy) is 1. The summed E-state index contributed by atoms with van der Waals surface area (Å²) in [5.74, 6) is 0.194. The lowest BCUT2D eigenvalue weighted by molar-refractivity contribution is -0.592. The van der Waals surface area contributed by atoms with Crippen LogP contribution in [0.4, 0.5) is 4.79 Å². The van der Waals surface area contributed by atoms with Crippen molar-refractivity contribution in [3.05, 3.63) is 23.8 Å². The third-order valence-corrected chi connectivity index (χ3v) is 4.67. The van der Waals surface area contributed by atoms with E-state index in [4.69, 9.17) is 16.5 Å². The summed E-state index contributed by atoms with van der Waals surface area (Å²) in [6, 6.07) is 0.227. The highest BCUT2D eigenvalue weighted by Crippen LogP contribution is 2.39. The lowest BCUT2D eigenvalue weighted by Crippen LogP contribution is -2.42. The molecule has 7 heteroatoms. The predicted molar refractivity (Wildman–Crippen MR) is 73.8 cm³/mol. The SMILES string of the molecule is O=C1OC[C@H]2CC[C@H](C3=C4C=NC=C[N+]4(Cl)C=N3)CN12. The van der Waals surface area contributed by atoms with Crippen LogP contribution >= 0.6 is 11.8 Å². The Morgan fingerprint density at radius 2 is 2.35 bits per heavy atom. The van der Waals surface area contributed by atoms with Gasteiger partial charge in [-0.25, -0.2) is 4.79 Å². The van der Waals surface area contributed by atoms with Crippen LogP contribution < -0.4 is 0 Å². The predicted octanol–water partition coefficient (Wildman–Crippen LogP) is 2.00. The van der Waals surface area contributed by atoms with Crippen LogP contribution in [0.15, 0.2) is 33.8 Å². The molecule has 3 atom stereocenters. The highest BCUT2D eigenvalue weighted by Gasteiger charge is 2.44. The van der Waals surface area contributed by atoms with Gasteiger partial charge in [0.25, 0.3) is 0 Å². The molecule has 4 heterocycles. The highest BCUT2D eigenvalue weighted by molar-refractivity contribution is 6.14. The Hall–Kier alpha value is -1.66. The van der Waals surface area contributed by atoms with E-state index in [1.54, 1.807) is 25.0 Å². The van der Waals surface area contributed by atoms with E-state index in [1.165, 1.54) is 0 Å². The molecule has 0 spiro atoms. The molecule has 0 aliphatic carbocycles. The number of rotatable bonds is 1. The summed E-state index contributed by atoms with van der Waals surface area (Å²) in [7, 11) is 0. The van der Waals surface area contributed by atoms with Crippen LogP contribution in [-0.2, 0) is 4.74 Å². The van der Waals surface area contributed by atoms with Crippen molar-refractivity contribution in [2.45, 2.75) is 18.9 Å². The maximum absolute atomic E-state index is 11.7. The summed E-state index contributed by atoms with van der Waals surface area (Å²) in [5.41, 5.74) is 1.82. The molecule has 104 valence electrons. The van der Waals surface area contributed by atoms with Crippen LogP contribution in [0.3, 0.4) is 0 Å². The minimum atomic E-state index is -0.212. The molecular formula is C13H14ClN4O2+. The number of halogens is 1. The first-order chi connectivity index (χ1) is 9.67. The molecule has 0 bridgehead atoms. The van der Waals surface area contributed by atoms with E-state index in [2.05, 4.69) is 9.98 Å². The van der Waals surface area contributed by atoms with Crippen LogP contribution in [0.2, 0.25) is 0 Å². The number of amides is 1. The number of cyclic esters (lactones) is 1. The van der Waals surface area contributed by atoms with Crippen molar-refractivity contribution >= 4 is 30.4 Å². The number of hydrogen-bond acceptors (Lipinski definition) is 4. The Morgan fingerprint density at radius 3 is 3.25 bits per heavy atom. The van der Waals surface area contributed by atoms with Crippen LogP contribution in [0.1, 0.15) is 12.8 Å². The van der Waals surface area contributed by atoms with Crippen molar-refractivity contribution in [3.8, 4) is 0 Å². The van der Waals surface area contributed by atoms with Gasteiger partial charge in [-0.2, -0.15) is 4.99 Å². The van der Waals surface area contributed by atoms with E-state index in [-0.39, 0.29) is 22.1 Å². The summed E-state index contributed by atoms with van der Waals surface area (Å²) in [6.45, 7) is 1.16. The van der Waals surface area contributed by atoms with E-state index >= 15 is 0 Å². The van der Waals surface area contributed by atoms with Crippen molar-refractivity contribution in [1.29, 1.82) is 0 Å². The number of fused-ring (bicyclic) bond motifs is 2. The second-order valence-electron chi connectivity index (χ2n) is 5.44. The monoisotopic (exact) mass is 293 g/mol. The Balaban J connectivity index is 1.64. The number of carbonyl (C=O) groups is 1. The first-order valence-electron chi connectivity index (χ1n) is 6.70. The fourth-order valence-corrected chi connectivity index (χ4v) is 3.41. The normalized spacial score (nSPS) is 38.2. The largest absolute Gasteiger partial charge is 0.447 e. The minimum Gasteiger partial charge on any atom is -0.447 e. The Kier molecular flexibility index (Phi) is 2.52. The number of hydrogen-bond donors (Lipinski definition) is 0. The van der Waals surface area contributed by atoms with Gasteiger partial charge in [-0.15, -0.1) is 4.00 Å². The Morgan fingerprint density at radius 1 is 1.45 bits per heavy atom. The smallest absolute Gasteiger partial charge is 0.410 e. The molecule has 6 nitrogen and oxygen atoms in total. The number of carbonyl (C=O) groups excluding carboxylic acids is 1. The second-order valence-corrected chi connectivity index (χ2v) is 6.00. The molecule has 0 aromatic carbocycles. The average Bonchev–Trinajstić information content (AvgIpc) is 2.99. The average molecular weight is 294 g/mol. The first-order valence-corrected chi connectivity index (χ1v) is 7.03. The van der Waals surface area contributed by atoms with Gasteiger partial charge in [0.15, 0.2) is 11.8 Å². The molecule has 2 fully saturated rings. The summed E-state index contributed by atoms with van der Waals surface area (Å²) in [5, 5.41) is 0. The lowest BCUT2D eigenvalue weighted by Gasteiger charge is -2.32. The molecule has 4 aliphatic rings. The van der Waals surface area contributed by atoms with Gasteiger partial charge in [0, 0.05) is 12.5 Å². The molecule has 1 amide bonds. The van der Waals surface area contributed by atoms with Gasteiger partial charge in [-0.05, 0) is 12.8 Å². The molecule has 4 rings (SSSR count). The number of nitrogens with zero attached hydrogens (tertiary/aromatic N) is 4. The molecule has 0 aromatic rings. The maximum Gasteiger partial charge on any atom is 0.410 e. The summed E-state index contributed by atoms with van der Waals surface area (Å²) in [6.07, 6.45) is 8.62. The van der Waals surface area contributed by atoms with Crippen LogP contribution in [0, 0.1) is 5.92 Å². The Labute approximate surface area is 121 Å². The third-order valence-electron chi connectivity index (χ3n) is 4.29. The van der Waals surface area contributed by atoms with Gasteiger partial charge in [-0.3, -0.25) is 4.99 Å². The van der Waals surface area contributed by atoms with Gasteiger partial charge in [-0.1, -0.05) is 0 Å². The van der Waals surface area contributed by atoms with E-state index in [1.807, 2.05) is 4.90 Å². The summed E-state index contributed by atoms with van der Waals surface area (Å²) < 4.78 is 5.15. The fourth-order valence-electron chi connectivity index (χ4n) is 3.18. The first kappa shape index (κ1) is 12.1. The van der Waals surface area contributed by atoms with Crippen LogP contribution in [-0.4, -0.2) is 46.7 Å². The van der Waals surface area contributed by atoms with Crippen molar-refractivity contribution in [1.82, 2.24) is 4.90 Å². The zero-order valence-electron chi connectivity index (χ0n) is 10.8. The van der Waals surface area contributed by atoms with Crippen molar-refractivity contribution in [2.24, 2.45) is 15.9 Å². The number of quaternary nitrogens is 1. The van der Waals surface area contributed by atoms with Crippen molar-refractivity contribution in [3.63, 3.8) is 0 Å². The molecule has 0 aromatic heterocycles. The number of piperidine rings is 1. The standard InChI is InChI=1S/C13H14ClN4O2/c14-18-4-3-15-5-11(18)12(16-8-18)9-1-2-10-7-20-13(19)17(10)6-9/h3-5,8-10H,1-2,6-7H2/q+1/t9-,10+,18?/m0/s1. The molecule has 0 radical (unpaired) electrons. The van der Waals surface area contributed by atoms with Crippen molar-refractivity contribution in [2.75, 3.05) is 13.2 Å². The molecule has 4 aliphatic heterocycles. The molecule has 20 heavy (non-hydrogen) atoms. The molecular weight excluding hydrogens is 280 g/mol. The zero-order chi connectivity index (χ0) is 13.7. The van der Waals surface area contributed by atoms with E-state index in [9.17, 15) is 4.79 Å². The van der Waals surface area contributed by atoms with Crippen molar-refractivity contribution < 1.29 is 13.5 Å². The van der Waals surface area contributed by atoms with Gasteiger partial charge in [0.05, 0.1) is 18.5 Å². The van der Waals surface area contributed by atoms with Gasteiger partial charge >= 0.3 is 6.09 Å². The summed E-state index contributed by atoms with van der Waals surface area (Å²) in [4.78, 5) is 22.1. The molecule has 2 saturated heterocycles. The number of allylic oxidation sites excluding steroid dienone is 1. The molecule has 0 N–H and O–H groups in total. The quantitative estimate of drug-likeness (QED) is 0.694. The summed E-state index contributed by atoms with van der Waals surface area (Å²) >= 11 is 6.47. The van der Waals surface area contributed by atoms with Gasteiger partial charge in [0.1, 0.15) is 18.5 Å². The van der Waals surface area contributed by atoms with E-state index < -0.39 is 0 Å².